The molecule has 1 heterocycles. The molecule has 1 atom stereocenters. The normalized spacial score (nSPS) is 17.4. The molecule has 0 bridgehead atoms. The van der Waals surface area contributed by atoms with Gasteiger partial charge in [0.05, 0.1) is 18.5 Å². The van der Waals surface area contributed by atoms with Gasteiger partial charge in [-0.2, -0.15) is 0 Å². The Kier molecular flexibility index (Phi) is 6.67. The smallest absolute Gasteiger partial charge is 0.344 e. The zero-order valence-corrected chi connectivity index (χ0v) is 11.8. The van der Waals surface area contributed by atoms with Crippen LogP contribution in [0.5, 0.6) is 0 Å². The summed E-state index contributed by atoms with van der Waals surface area (Å²) >= 11 is 0. The fraction of sp³-hybridized carbons (Fsp3) is 0.909. The van der Waals surface area contributed by atoms with Crippen LogP contribution >= 0.6 is 0 Å². The van der Waals surface area contributed by atoms with Crippen molar-refractivity contribution in [2.75, 3.05) is 26.3 Å². The van der Waals surface area contributed by atoms with Crippen molar-refractivity contribution in [3.63, 3.8) is 0 Å². The first-order valence-electron chi connectivity index (χ1n) is 6.32. The molecule has 1 rings (SSSR count). The van der Waals surface area contributed by atoms with E-state index in [1.807, 2.05) is 20.2 Å². The molecule has 16 heavy (non-hydrogen) atoms. The minimum Gasteiger partial charge on any atom is -0.396 e. The molecule has 0 aromatic carbocycles. The molecule has 0 saturated carbocycles. The maximum atomic E-state index is 5.82. The van der Waals surface area contributed by atoms with Crippen molar-refractivity contribution in [2.24, 2.45) is 4.99 Å². The van der Waals surface area contributed by atoms with Gasteiger partial charge < -0.3 is 13.8 Å². The summed E-state index contributed by atoms with van der Waals surface area (Å²) in [6.45, 7) is 9.74. The van der Waals surface area contributed by atoms with Crippen molar-refractivity contribution >= 4 is 15.6 Å². The number of hydrogen-bond acceptors (Lipinski definition) is 4. The highest BCUT2D eigenvalue weighted by atomic mass is 28.3. The molecule has 94 valence electrons. The first-order valence-corrected chi connectivity index (χ1v) is 7.93. The van der Waals surface area contributed by atoms with Crippen LogP contribution in [0.15, 0.2) is 4.99 Å². The van der Waals surface area contributed by atoms with Crippen molar-refractivity contribution < 1.29 is 8.85 Å². The van der Waals surface area contributed by atoms with Crippen molar-refractivity contribution in [2.45, 2.75) is 39.3 Å². The van der Waals surface area contributed by atoms with Crippen LogP contribution in [0.4, 0.5) is 0 Å². The zero-order chi connectivity index (χ0) is 11.8. The molecule has 0 fully saturated rings. The third-order valence-corrected chi connectivity index (χ3v) is 5.37. The first-order chi connectivity index (χ1) is 7.83. The van der Waals surface area contributed by atoms with Gasteiger partial charge in [-0.1, -0.05) is 13.3 Å². The largest absolute Gasteiger partial charge is 0.396 e. The van der Waals surface area contributed by atoms with Gasteiger partial charge in [0.15, 0.2) is 0 Å². The van der Waals surface area contributed by atoms with Crippen LogP contribution in [0.2, 0.25) is 0 Å². The van der Waals surface area contributed by atoms with Crippen LogP contribution < -0.4 is 0 Å². The van der Waals surface area contributed by atoms with E-state index in [4.69, 9.17) is 8.85 Å². The van der Waals surface area contributed by atoms with Crippen molar-refractivity contribution in [1.82, 2.24) is 4.90 Å². The highest BCUT2D eigenvalue weighted by molar-refractivity contribution is 6.46. The number of rotatable bonds is 8. The van der Waals surface area contributed by atoms with Gasteiger partial charge in [-0.25, -0.2) is 0 Å². The van der Waals surface area contributed by atoms with Gasteiger partial charge in [-0.05, 0) is 20.3 Å². The molecule has 0 N–H and O–H groups in total. The summed E-state index contributed by atoms with van der Waals surface area (Å²) < 4.78 is 11.6. The molecule has 0 spiro atoms. The fourth-order valence-corrected chi connectivity index (χ4v) is 4.34. The molecule has 0 saturated heterocycles. The summed E-state index contributed by atoms with van der Waals surface area (Å²) in [7, 11) is -1.58. The lowest BCUT2D eigenvalue weighted by atomic mass is 10.3. The van der Waals surface area contributed by atoms with Gasteiger partial charge in [0.2, 0.25) is 0 Å². The van der Waals surface area contributed by atoms with E-state index in [9.17, 15) is 0 Å². The zero-order valence-electron chi connectivity index (χ0n) is 10.7. The highest BCUT2D eigenvalue weighted by Crippen LogP contribution is 2.13. The van der Waals surface area contributed by atoms with Crippen LogP contribution in [0.25, 0.3) is 0 Å². The summed E-state index contributed by atoms with van der Waals surface area (Å²) in [5.41, 5.74) is 0.441. The van der Waals surface area contributed by atoms with Gasteiger partial charge in [0.1, 0.15) is 0 Å². The van der Waals surface area contributed by atoms with Crippen LogP contribution in [-0.2, 0) is 8.85 Å². The van der Waals surface area contributed by atoms with Crippen LogP contribution in [-0.4, -0.2) is 52.5 Å². The Morgan fingerprint density at radius 1 is 1.31 bits per heavy atom. The fourth-order valence-electron chi connectivity index (χ4n) is 2.00. The lowest BCUT2D eigenvalue weighted by Crippen LogP contribution is -2.48. The maximum absolute atomic E-state index is 5.82. The topological polar surface area (TPSA) is 34.1 Å². The third kappa shape index (κ3) is 3.88. The predicted octanol–water partition coefficient (Wildman–Crippen LogP) is 1.33. The molecule has 4 nitrogen and oxygen atoms in total. The molecular formula is C11H24N2O2Si. The van der Waals surface area contributed by atoms with E-state index in [1.165, 1.54) is 6.42 Å². The van der Waals surface area contributed by atoms with E-state index in [-0.39, 0.29) is 0 Å². The molecule has 1 aliphatic heterocycles. The predicted molar refractivity (Wildman–Crippen MR) is 69.2 cm³/mol. The molecular weight excluding hydrogens is 220 g/mol. The quantitative estimate of drug-likeness (QED) is 0.604. The van der Waals surface area contributed by atoms with E-state index in [1.54, 1.807) is 0 Å². The van der Waals surface area contributed by atoms with Crippen molar-refractivity contribution in [1.29, 1.82) is 0 Å². The lowest BCUT2D eigenvalue weighted by molar-refractivity contribution is 0.181. The summed E-state index contributed by atoms with van der Waals surface area (Å²) in [5, 5.41) is 0. The van der Waals surface area contributed by atoms with Gasteiger partial charge in [0, 0.05) is 19.8 Å². The highest BCUT2D eigenvalue weighted by Gasteiger charge is 2.30. The van der Waals surface area contributed by atoms with Crippen molar-refractivity contribution in [3.8, 4) is 0 Å². The van der Waals surface area contributed by atoms with Crippen LogP contribution in [0, 0.1) is 0 Å². The average Bonchev–Trinajstić information content (AvgIpc) is 2.79. The Morgan fingerprint density at radius 3 is 2.44 bits per heavy atom. The Balaban J connectivity index is 2.59. The van der Waals surface area contributed by atoms with Gasteiger partial charge in [-0.15, -0.1) is 0 Å². The van der Waals surface area contributed by atoms with Gasteiger partial charge in [0.25, 0.3) is 0 Å². The average molecular weight is 244 g/mol. The van der Waals surface area contributed by atoms with E-state index in [0.717, 1.165) is 32.7 Å². The SMILES string of the molecule is CCCC(N1C=NCC1)[SiH](OCC)OCC. The first kappa shape index (κ1) is 13.7. The second-order valence-electron chi connectivity index (χ2n) is 3.89. The second-order valence-corrected chi connectivity index (χ2v) is 6.07. The molecule has 0 aromatic rings. The number of nitrogens with zero attached hydrogens (tertiary/aromatic N) is 2. The van der Waals surface area contributed by atoms with Crippen molar-refractivity contribution in [3.05, 3.63) is 0 Å². The van der Waals surface area contributed by atoms with Gasteiger partial charge in [-0.3, -0.25) is 4.99 Å². The summed E-state index contributed by atoms with van der Waals surface area (Å²) in [4.78, 5) is 6.59. The molecule has 0 aliphatic carbocycles. The Morgan fingerprint density at radius 2 is 2.00 bits per heavy atom. The molecule has 0 aromatic heterocycles. The molecule has 0 amide bonds. The standard InChI is InChI=1S/C11H24N2O2Si/c1-4-7-11(13-9-8-12-10-13)16(14-5-2)15-6-3/h10-11,16H,4-9H2,1-3H3. The third-order valence-electron chi connectivity index (χ3n) is 2.70. The summed E-state index contributed by atoms with van der Waals surface area (Å²) in [6.07, 6.45) is 4.28. The van der Waals surface area contributed by atoms with Crippen LogP contribution in [0.3, 0.4) is 0 Å². The maximum Gasteiger partial charge on any atom is 0.344 e. The summed E-state index contributed by atoms with van der Waals surface area (Å²) in [6, 6.07) is 0. The van der Waals surface area contributed by atoms with E-state index in [0.29, 0.717) is 5.67 Å². The Labute approximate surface area is 100 Å². The molecule has 0 radical (unpaired) electrons. The van der Waals surface area contributed by atoms with Crippen LogP contribution in [0.1, 0.15) is 33.6 Å². The van der Waals surface area contributed by atoms with Gasteiger partial charge >= 0.3 is 9.28 Å². The number of aliphatic imine (C=N–C) groups is 1. The second kappa shape index (κ2) is 7.81. The molecule has 5 heteroatoms. The Hall–Kier alpha value is -0.393. The minimum absolute atomic E-state index is 0.441. The molecule has 1 aliphatic rings. The monoisotopic (exact) mass is 244 g/mol. The lowest BCUT2D eigenvalue weighted by Gasteiger charge is -2.31. The molecule has 1 unspecified atom stereocenters. The van der Waals surface area contributed by atoms with E-state index < -0.39 is 9.28 Å². The number of hydrogen-bond donors (Lipinski definition) is 0. The Bertz CT molecular complexity index is 208. The van der Waals surface area contributed by atoms with E-state index >= 15 is 0 Å². The minimum atomic E-state index is -1.58. The van der Waals surface area contributed by atoms with E-state index in [2.05, 4.69) is 16.8 Å². The summed E-state index contributed by atoms with van der Waals surface area (Å²) in [5.74, 6) is 0.